The number of carbonyl (C=O) groups excluding carboxylic acids is 1. The zero-order valence-electron chi connectivity index (χ0n) is 17.8. The van der Waals surface area contributed by atoms with Gasteiger partial charge < -0.3 is 31.6 Å². The number of carboxylic acids is 1. The lowest BCUT2D eigenvalue weighted by atomic mass is 10.1. The number of halogens is 1. The number of aromatic nitrogens is 4. The van der Waals surface area contributed by atoms with Gasteiger partial charge in [0.1, 0.15) is 5.17 Å². The Morgan fingerprint density at radius 2 is 2.00 bits per heavy atom. The molecule has 0 aliphatic carbocycles. The molecule has 3 heterocycles. The second kappa shape index (κ2) is 9.31. The second-order valence-corrected chi connectivity index (χ2v) is 7.94. The predicted molar refractivity (Wildman–Crippen MR) is 124 cm³/mol. The summed E-state index contributed by atoms with van der Waals surface area (Å²) < 4.78 is 0. The molecule has 0 bridgehead atoms. The molecule has 13 nitrogen and oxygen atoms in total. The van der Waals surface area contributed by atoms with Crippen molar-refractivity contribution in [2.45, 2.75) is 25.1 Å². The Labute approximate surface area is 197 Å². The van der Waals surface area contributed by atoms with Gasteiger partial charge >= 0.3 is 5.97 Å². The molecule has 0 saturated heterocycles. The fourth-order valence-corrected chi connectivity index (χ4v) is 3.53. The summed E-state index contributed by atoms with van der Waals surface area (Å²) in [6.45, 7) is 0.388. The number of carboxylic acid groups (broad SMARTS) is 1. The highest BCUT2D eigenvalue weighted by molar-refractivity contribution is 6.65. The van der Waals surface area contributed by atoms with Crippen LogP contribution in [0, 0.1) is 0 Å². The molecule has 0 spiro atoms. The number of hydrogen-bond acceptors (Lipinski definition) is 11. The van der Waals surface area contributed by atoms with Crippen LogP contribution in [0.4, 0.5) is 17.5 Å². The molecule has 1 aliphatic rings. The van der Waals surface area contributed by atoms with Crippen molar-refractivity contribution in [1.82, 2.24) is 25.3 Å². The number of amides is 1. The first-order valence-corrected chi connectivity index (χ1v) is 10.4. The molecular weight excluding hydrogens is 466 g/mol. The maximum atomic E-state index is 12.6. The van der Waals surface area contributed by atoms with Crippen LogP contribution in [0.25, 0.3) is 11.2 Å². The standard InChI is InChI=1S/C20H20ClN9O4/c1-30(8-10-7-24-17-15(25-10)16(22)27-20(23)28-17)11-4-2-9(3-5-11)18(31)26-14(19(32)33)12-6-13(21)29-34-12/h2-5,7,12,14H,6,8H2,1H3,(H,26,31)(H,32,33)(H4,22,23,24,27,28)/t12-,14-/m0/s1. The number of nitrogen functional groups attached to an aromatic ring is 2. The topological polar surface area (TPSA) is 195 Å². The van der Waals surface area contributed by atoms with Crippen molar-refractivity contribution in [2.24, 2.45) is 5.16 Å². The molecule has 1 aliphatic heterocycles. The van der Waals surface area contributed by atoms with E-state index in [2.05, 4.69) is 30.4 Å². The first-order chi connectivity index (χ1) is 16.2. The van der Waals surface area contributed by atoms with Crippen molar-refractivity contribution in [3.05, 3.63) is 41.7 Å². The number of nitrogens with two attached hydrogens (primary N) is 2. The van der Waals surface area contributed by atoms with Crippen molar-refractivity contribution in [3.8, 4) is 0 Å². The lowest BCUT2D eigenvalue weighted by Crippen LogP contribution is -2.48. The molecule has 176 valence electrons. The maximum absolute atomic E-state index is 12.6. The van der Waals surface area contributed by atoms with Gasteiger partial charge in [-0.2, -0.15) is 9.97 Å². The highest BCUT2D eigenvalue weighted by Crippen LogP contribution is 2.20. The smallest absolute Gasteiger partial charge is 0.330 e. The second-order valence-electron chi connectivity index (χ2n) is 7.51. The van der Waals surface area contributed by atoms with Gasteiger partial charge in [-0.3, -0.25) is 4.79 Å². The van der Waals surface area contributed by atoms with E-state index in [0.29, 0.717) is 23.4 Å². The van der Waals surface area contributed by atoms with Crippen LogP contribution in [0.15, 0.2) is 35.6 Å². The van der Waals surface area contributed by atoms with Crippen molar-refractivity contribution in [2.75, 3.05) is 23.4 Å². The number of nitrogens with zero attached hydrogens (tertiary/aromatic N) is 6. The van der Waals surface area contributed by atoms with Crippen molar-refractivity contribution in [1.29, 1.82) is 0 Å². The van der Waals surface area contributed by atoms with Gasteiger partial charge in [0.05, 0.1) is 18.4 Å². The van der Waals surface area contributed by atoms with E-state index in [9.17, 15) is 14.7 Å². The number of rotatable bonds is 7. The summed E-state index contributed by atoms with van der Waals surface area (Å²) in [7, 11) is 1.84. The summed E-state index contributed by atoms with van der Waals surface area (Å²) in [5, 5.41) is 15.6. The van der Waals surface area contributed by atoms with Gasteiger partial charge in [0, 0.05) is 24.7 Å². The molecule has 4 rings (SSSR count). The van der Waals surface area contributed by atoms with Crippen LogP contribution in [0.3, 0.4) is 0 Å². The zero-order valence-corrected chi connectivity index (χ0v) is 18.6. The van der Waals surface area contributed by atoms with Gasteiger partial charge in [-0.15, -0.1) is 0 Å². The molecule has 0 radical (unpaired) electrons. The van der Waals surface area contributed by atoms with E-state index in [4.69, 9.17) is 27.9 Å². The third-order valence-corrected chi connectivity index (χ3v) is 5.28. The highest BCUT2D eigenvalue weighted by atomic mass is 35.5. The van der Waals surface area contributed by atoms with E-state index in [1.54, 1.807) is 30.5 Å². The van der Waals surface area contributed by atoms with E-state index >= 15 is 0 Å². The fourth-order valence-electron chi connectivity index (χ4n) is 3.34. The molecule has 3 aromatic rings. The van der Waals surface area contributed by atoms with Gasteiger partial charge in [-0.05, 0) is 24.3 Å². The summed E-state index contributed by atoms with van der Waals surface area (Å²) in [6.07, 6.45) is 0.795. The first kappa shape index (κ1) is 22.9. The number of carbonyl (C=O) groups is 2. The van der Waals surface area contributed by atoms with E-state index in [-0.39, 0.29) is 28.9 Å². The van der Waals surface area contributed by atoms with Crippen LogP contribution in [-0.4, -0.2) is 61.3 Å². The number of hydrogen-bond donors (Lipinski definition) is 4. The molecule has 0 fully saturated rings. The third kappa shape index (κ3) is 4.88. The van der Waals surface area contributed by atoms with Crippen LogP contribution in [-0.2, 0) is 16.2 Å². The number of benzene rings is 1. The third-order valence-electron chi connectivity index (χ3n) is 5.05. The first-order valence-electron chi connectivity index (χ1n) is 9.99. The van der Waals surface area contributed by atoms with Gasteiger partial charge in [0.2, 0.25) is 5.95 Å². The molecule has 34 heavy (non-hydrogen) atoms. The number of oxime groups is 1. The van der Waals surface area contributed by atoms with Crippen LogP contribution in [0.5, 0.6) is 0 Å². The zero-order chi connectivity index (χ0) is 24.4. The molecule has 14 heteroatoms. The fraction of sp³-hybridized carbons (Fsp3) is 0.250. The summed E-state index contributed by atoms with van der Waals surface area (Å²) in [5.41, 5.74) is 13.8. The minimum atomic E-state index is -1.30. The highest BCUT2D eigenvalue weighted by Gasteiger charge is 2.35. The SMILES string of the molecule is CN(Cc1cnc2nc(N)nc(N)c2n1)c1ccc(C(=O)N[C@H](C(=O)O)[C@@H]2CC(Cl)=NO2)cc1. The minimum absolute atomic E-state index is 0.0240. The molecule has 0 unspecified atom stereocenters. The molecular formula is C20H20ClN9O4. The molecule has 6 N–H and O–H groups in total. The Morgan fingerprint density at radius 3 is 2.65 bits per heavy atom. The van der Waals surface area contributed by atoms with Gasteiger partial charge in [-0.25, -0.2) is 14.8 Å². The van der Waals surface area contributed by atoms with E-state index in [1.165, 1.54) is 0 Å². The molecule has 1 amide bonds. The molecule has 2 atom stereocenters. The Balaban J connectivity index is 1.43. The summed E-state index contributed by atoms with van der Waals surface area (Å²) >= 11 is 5.75. The normalized spacial score (nSPS) is 15.9. The van der Waals surface area contributed by atoms with Gasteiger partial charge in [0.15, 0.2) is 29.1 Å². The van der Waals surface area contributed by atoms with Crippen LogP contribution >= 0.6 is 11.6 Å². The van der Waals surface area contributed by atoms with Crippen molar-refractivity contribution >= 4 is 57.3 Å². The van der Waals surface area contributed by atoms with Crippen molar-refractivity contribution in [3.63, 3.8) is 0 Å². The summed E-state index contributed by atoms with van der Waals surface area (Å²) in [5.74, 6) is -1.65. The molecule has 1 aromatic carbocycles. The van der Waals surface area contributed by atoms with E-state index in [1.807, 2.05) is 11.9 Å². The quantitative estimate of drug-likeness (QED) is 0.368. The van der Waals surface area contributed by atoms with Gasteiger partial charge in [-0.1, -0.05) is 16.8 Å². The van der Waals surface area contributed by atoms with Gasteiger partial charge in [0.25, 0.3) is 5.91 Å². The number of aliphatic carboxylic acids is 1. The van der Waals surface area contributed by atoms with Crippen molar-refractivity contribution < 1.29 is 19.5 Å². The van der Waals surface area contributed by atoms with Crippen LogP contribution < -0.4 is 21.7 Å². The summed E-state index contributed by atoms with van der Waals surface area (Å²) in [6, 6.07) is 5.32. The molecule has 2 aromatic heterocycles. The average molecular weight is 486 g/mol. The lowest BCUT2D eigenvalue weighted by Gasteiger charge is -2.20. The minimum Gasteiger partial charge on any atom is -0.480 e. The Bertz CT molecular complexity index is 1290. The van der Waals surface area contributed by atoms with Crippen LogP contribution in [0.1, 0.15) is 22.5 Å². The maximum Gasteiger partial charge on any atom is 0.330 e. The Kier molecular flexibility index (Phi) is 6.27. The number of anilines is 3. The Hall–Kier alpha value is -4.26. The summed E-state index contributed by atoms with van der Waals surface area (Å²) in [4.78, 5) is 47.6. The largest absolute Gasteiger partial charge is 0.480 e. The Morgan fingerprint density at radius 1 is 1.26 bits per heavy atom. The average Bonchev–Trinajstić information content (AvgIpc) is 3.23. The number of fused-ring (bicyclic) bond motifs is 1. The van der Waals surface area contributed by atoms with Crippen LogP contribution in [0.2, 0.25) is 0 Å². The molecule has 0 saturated carbocycles. The predicted octanol–water partition coefficient (Wildman–Crippen LogP) is 0.745. The number of nitrogens with one attached hydrogen (secondary N) is 1. The monoisotopic (exact) mass is 485 g/mol. The van der Waals surface area contributed by atoms with E-state index < -0.39 is 24.0 Å². The van der Waals surface area contributed by atoms with E-state index in [0.717, 1.165) is 5.69 Å². The lowest BCUT2D eigenvalue weighted by molar-refractivity contribution is -0.142.